The lowest BCUT2D eigenvalue weighted by atomic mass is 10.1. The van der Waals surface area contributed by atoms with Gasteiger partial charge in [-0.3, -0.25) is 4.90 Å². The van der Waals surface area contributed by atoms with E-state index in [4.69, 9.17) is 11.6 Å². The fraction of sp³-hybridized carbons (Fsp3) is 0.632. The van der Waals surface area contributed by atoms with Gasteiger partial charge in [0.15, 0.2) is 0 Å². The molecule has 1 saturated heterocycles. The number of carbonyl (C=O) groups excluding carboxylic acids is 1. The molecule has 1 fully saturated rings. The molecule has 0 spiro atoms. The van der Waals surface area contributed by atoms with Crippen LogP contribution in [-0.4, -0.2) is 49.7 Å². The molecular weight excluding hydrogens is 336 g/mol. The molecule has 1 aliphatic heterocycles. The highest BCUT2D eigenvalue weighted by Gasteiger charge is 2.15. The van der Waals surface area contributed by atoms with Crippen LogP contribution < -0.4 is 15.5 Å². The number of nitrogens with zero attached hydrogens (tertiary/aromatic N) is 2. The number of carbonyl (C=O) groups is 1. The Balaban J connectivity index is 1.87. The third-order valence-electron chi connectivity index (χ3n) is 4.90. The number of halogens is 1. The lowest BCUT2D eigenvalue weighted by molar-refractivity contribution is 0.220. The summed E-state index contributed by atoms with van der Waals surface area (Å²) in [6.07, 6.45) is 3.72. The van der Waals surface area contributed by atoms with Gasteiger partial charge in [-0.15, -0.1) is 0 Å². The van der Waals surface area contributed by atoms with Crippen molar-refractivity contribution in [3.05, 3.63) is 23.2 Å². The smallest absolute Gasteiger partial charge is 0.319 e. The van der Waals surface area contributed by atoms with Gasteiger partial charge in [-0.25, -0.2) is 4.79 Å². The van der Waals surface area contributed by atoms with Crippen LogP contribution in [0.2, 0.25) is 5.02 Å². The second-order valence-electron chi connectivity index (χ2n) is 6.62. The van der Waals surface area contributed by atoms with Crippen molar-refractivity contribution in [2.24, 2.45) is 0 Å². The van der Waals surface area contributed by atoms with Crippen molar-refractivity contribution in [2.75, 3.05) is 42.9 Å². The minimum absolute atomic E-state index is 0.194. The Bertz CT molecular complexity index is 556. The maximum absolute atomic E-state index is 12.1. The van der Waals surface area contributed by atoms with Crippen LogP contribution in [0.1, 0.15) is 40.0 Å². The van der Waals surface area contributed by atoms with Crippen LogP contribution >= 0.6 is 11.6 Å². The molecule has 1 heterocycles. The highest BCUT2D eigenvalue weighted by molar-refractivity contribution is 6.33. The first-order valence-electron chi connectivity index (χ1n) is 9.38. The summed E-state index contributed by atoms with van der Waals surface area (Å²) in [6.45, 7) is 11.1. The van der Waals surface area contributed by atoms with Gasteiger partial charge in [0.2, 0.25) is 0 Å². The Kier molecular flexibility index (Phi) is 7.85. The van der Waals surface area contributed by atoms with Crippen molar-refractivity contribution in [2.45, 2.75) is 46.1 Å². The maximum atomic E-state index is 12.1. The molecule has 1 aromatic rings. The number of anilines is 2. The molecule has 1 aromatic carbocycles. The lowest BCUT2D eigenvalue weighted by Crippen LogP contribution is -2.43. The lowest BCUT2D eigenvalue weighted by Gasteiger charge is -2.29. The third kappa shape index (κ3) is 5.79. The van der Waals surface area contributed by atoms with Crippen molar-refractivity contribution in [3.8, 4) is 0 Å². The first-order valence-corrected chi connectivity index (χ1v) is 9.76. The van der Waals surface area contributed by atoms with E-state index in [1.807, 2.05) is 18.2 Å². The summed E-state index contributed by atoms with van der Waals surface area (Å²) in [7, 11) is 0. The Morgan fingerprint density at radius 2 is 1.92 bits per heavy atom. The quantitative estimate of drug-likeness (QED) is 0.760. The van der Waals surface area contributed by atoms with Gasteiger partial charge in [-0.1, -0.05) is 25.4 Å². The van der Waals surface area contributed by atoms with E-state index in [0.717, 1.165) is 37.6 Å². The Morgan fingerprint density at radius 3 is 2.52 bits per heavy atom. The zero-order valence-corrected chi connectivity index (χ0v) is 16.4. The van der Waals surface area contributed by atoms with Gasteiger partial charge in [-0.05, 0) is 57.5 Å². The maximum Gasteiger partial charge on any atom is 0.319 e. The van der Waals surface area contributed by atoms with Crippen LogP contribution in [0.25, 0.3) is 0 Å². The average molecular weight is 367 g/mol. The van der Waals surface area contributed by atoms with E-state index in [-0.39, 0.29) is 6.03 Å². The summed E-state index contributed by atoms with van der Waals surface area (Å²) in [5.41, 5.74) is 1.78. The molecule has 2 N–H and O–H groups in total. The fourth-order valence-corrected chi connectivity index (χ4v) is 3.67. The predicted octanol–water partition coefficient (Wildman–Crippen LogP) is 4.18. The summed E-state index contributed by atoms with van der Waals surface area (Å²) < 4.78 is 0. The number of amides is 2. The van der Waals surface area contributed by atoms with Crippen molar-refractivity contribution < 1.29 is 4.79 Å². The number of hydrogen-bond acceptors (Lipinski definition) is 3. The van der Waals surface area contributed by atoms with Crippen LogP contribution in [0.5, 0.6) is 0 Å². The SMILES string of the molecule is CCN(CC)C(C)CNC(=O)Nc1ccc(N2CCCCC2)c(Cl)c1. The minimum Gasteiger partial charge on any atom is -0.370 e. The Labute approximate surface area is 156 Å². The van der Waals surface area contributed by atoms with Crippen molar-refractivity contribution in [1.82, 2.24) is 10.2 Å². The molecule has 1 aliphatic rings. The van der Waals surface area contributed by atoms with E-state index in [1.165, 1.54) is 19.3 Å². The number of rotatable bonds is 7. The minimum atomic E-state index is -0.194. The molecule has 0 radical (unpaired) electrons. The zero-order valence-electron chi connectivity index (χ0n) is 15.6. The van der Waals surface area contributed by atoms with E-state index < -0.39 is 0 Å². The molecule has 140 valence electrons. The van der Waals surface area contributed by atoms with E-state index in [0.29, 0.717) is 17.6 Å². The zero-order chi connectivity index (χ0) is 18.2. The molecular formula is C19H31ClN4O. The average Bonchev–Trinajstić information content (AvgIpc) is 2.62. The van der Waals surface area contributed by atoms with Crippen LogP contribution in [0, 0.1) is 0 Å². The molecule has 0 saturated carbocycles. The van der Waals surface area contributed by atoms with Gasteiger partial charge in [-0.2, -0.15) is 0 Å². The van der Waals surface area contributed by atoms with Gasteiger partial charge < -0.3 is 15.5 Å². The van der Waals surface area contributed by atoms with E-state index in [2.05, 4.69) is 41.2 Å². The highest BCUT2D eigenvalue weighted by Crippen LogP contribution is 2.30. The van der Waals surface area contributed by atoms with E-state index >= 15 is 0 Å². The van der Waals surface area contributed by atoms with Gasteiger partial charge in [0.05, 0.1) is 10.7 Å². The van der Waals surface area contributed by atoms with Gasteiger partial charge in [0.25, 0.3) is 0 Å². The van der Waals surface area contributed by atoms with Crippen molar-refractivity contribution in [3.63, 3.8) is 0 Å². The van der Waals surface area contributed by atoms with Crippen LogP contribution in [0.4, 0.5) is 16.2 Å². The van der Waals surface area contributed by atoms with Gasteiger partial charge in [0.1, 0.15) is 0 Å². The summed E-state index contributed by atoms with van der Waals surface area (Å²) in [5, 5.41) is 6.49. The van der Waals surface area contributed by atoms with Crippen molar-refractivity contribution >= 4 is 29.0 Å². The summed E-state index contributed by atoms with van der Waals surface area (Å²) in [5.74, 6) is 0. The molecule has 2 rings (SSSR count). The van der Waals surface area contributed by atoms with E-state index in [9.17, 15) is 4.79 Å². The standard InChI is InChI=1S/C19H31ClN4O/c1-4-23(5-2)15(3)14-21-19(25)22-16-9-10-18(17(20)13-16)24-11-7-6-8-12-24/h9-10,13,15H,4-8,11-12,14H2,1-3H3,(H2,21,22,25). The van der Waals surface area contributed by atoms with Crippen LogP contribution in [-0.2, 0) is 0 Å². The molecule has 1 atom stereocenters. The Morgan fingerprint density at radius 1 is 1.24 bits per heavy atom. The summed E-state index contributed by atoms with van der Waals surface area (Å²) >= 11 is 6.43. The second-order valence-corrected chi connectivity index (χ2v) is 7.03. The summed E-state index contributed by atoms with van der Waals surface area (Å²) in [4.78, 5) is 16.8. The molecule has 6 heteroatoms. The topological polar surface area (TPSA) is 47.6 Å². The van der Waals surface area contributed by atoms with Crippen molar-refractivity contribution in [1.29, 1.82) is 0 Å². The summed E-state index contributed by atoms with van der Waals surface area (Å²) in [6, 6.07) is 5.87. The van der Waals surface area contributed by atoms with E-state index in [1.54, 1.807) is 0 Å². The highest BCUT2D eigenvalue weighted by atomic mass is 35.5. The monoisotopic (exact) mass is 366 g/mol. The largest absolute Gasteiger partial charge is 0.370 e. The molecule has 2 amide bonds. The normalized spacial score (nSPS) is 16.0. The second kappa shape index (κ2) is 9.88. The molecule has 25 heavy (non-hydrogen) atoms. The molecule has 0 aromatic heterocycles. The first-order chi connectivity index (χ1) is 12.0. The number of urea groups is 1. The Hall–Kier alpha value is -1.46. The number of piperidine rings is 1. The van der Waals surface area contributed by atoms with Crippen LogP contribution in [0.3, 0.4) is 0 Å². The number of likely N-dealkylation sites (N-methyl/N-ethyl adjacent to an activating group) is 1. The molecule has 0 bridgehead atoms. The first kappa shape index (κ1) is 19.9. The van der Waals surface area contributed by atoms with Gasteiger partial charge >= 0.3 is 6.03 Å². The third-order valence-corrected chi connectivity index (χ3v) is 5.20. The predicted molar refractivity (Wildman–Crippen MR) is 107 cm³/mol. The number of hydrogen-bond donors (Lipinski definition) is 2. The van der Waals surface area contributed by atoms with Crippen LogP contribution in [0.15, 0.2) is 18.2 Å². The number of benzene rings is 1. The molecule has 5 nitrogen and oxygen atoms in total. The number of nitrogens with one attached hydrogen (secondary N) is 2. The molecule has 0 aliphatic carbocycles. The van der Waals surface area contributed by atoms with Gasteiger partial charge in [0, 0.05) is 31.4 Å². The molecule has 1 unspecified atom stereocenters. The fourth-order valence-electron chi connectivity index (χ4n) is 3.37.